The Balaban J connectivity index is 6.04. The molecule has 0 aromatic rings. The molecule has 0 aliphatic rings. The van der Waals surface area contributed by atoms with Crippen LogP contribution in [0.15, 0.2) is 0 Å². The summed E-state index contributed by atoms with van der Waals surface area (Å²) in [5, 5.41) is 0. The Hall–Kier alpha value is -0.0400. The summed E-state index contributed by atoms with van der Waals surface area (Å²) in [5.41, 5.74) is 4.83. The number of nitrogens with two attached hydrogens (primary N) is 1. The van der Waals surface area contributed by atoms with Gasteiger partial charge in [-0.15, -0.1) is 0 Å². The van der Waals surface area contributed by atoms with Gasteiger partial charge < -0.3 is 5.73 Å². The molecule has 1 nitrogen and oxygen atoms in total. The monoisotopic (exact) mass is 98.2 g/mol. The van der Waals surface area contributed by atoms with Crippen molar-refractivity contribution in [1.82, 2.24) is 0 Å². The van der Waals surface area contributed by atoms with Gasteiger partial charge in [0.2, 0.25) is 0 Å². The number of hydrogen-bond donors (Lipinski definition) is 1. The fourth-order valence-corrected chi connectivity index (χ4v) is 0.0722. The van der Waals surface area contributed by atoms with Crippen molar-refractivity contribution >= 4 is 0 Å². The second kappa shape index (κ2) is 3.16. The fraction of sp³-hybridized carbons (Fsp3) is 1.00. The molecule has 0 saturated carbocycles. The highest BCUT2D eigenvalue weighted by molar-refractivity contribution is 4.42. The minimum absolute atomic E-state index is 3.28. The predicted octanol–water partition coefficient (Wildman–Crippen LogP) is 0.991. The van der Waals surface area contributed by atoms with Crippen LogP contribution in [0.5, 0.6) is 0 Å². The largest absolute Gasteiger partial charge is 0.330 e. The summed E-state index contributed by atoms with van der Waals surface area (Å²) in [6.45, 7) is -10.4. The molecule has 1 heteroatoms. The number of rotatable bonds is 2. The molecule has 0 amide bonds. The maximum atomic E-state index is 7.46. The minimum atomic E-state index is -3.66. The molecule has 0 rings (SSSR count). The van der Waals surface area contributed by atoms with Gasteiger partial charge in [0.05, 0.1) is 0 Å². The molecule has 2 N–H and O–H groups in total. The molecule has 0 unspecified atom stereocenters. The normalized spacial score (nSPS) is 47.8. The van der Waals surface area contributed by atoms with Crippen LogP contribution in [0, 0.1) is 5.89 Å². The van der Waals surface area contributed by atoms with Gasteiger partial charge in [0.1, 0.15) is 0 Å². The maximum Gasteiger partial charge on any atom is 0.0426 e. The van der Waals surface area contributed by atoms with Crippen molar-refractivity contribution in [2.75, 3.05) is 6.50 Å². The zero-order valence-electron chi connectivity index (χ0n) is 14.1. The van der Waals surface area contributed by atoms with Crippen LogP contribution in [0.3, 0.4) is 0 Å². The molecule has 0 aromatic carbocycles. The van der Waals surface area contributed by atoms with Crippen molar-refractivity contribution in [1.29, 1.82) is 0 Å². The molecular weight excluding hydrogens is 74.1 g/mol. The van der Waals surface area contributed by atoms with E-state index >= 15 is 0 Å². The summed E-state index contributed by atoms with van der Waals surface area (Å²) in [7, 11) is 0. The number of hydrogen-bond acceptors (Lipinski definition) is 1. The lowest BCUT2D eigenvalue weighted by Crippen LogP contribution is -2.01. The smallest absolute Gasteiger partial charge is 0.0426 e. The first-order chi connectivity index (χ1) is 7.00. The van der Waals surface area contributed by atoms with E-state index in [0.29, 0.717) is 0 Å². The van der Waals surface area contributed by atoms with E-state index in [9.17, 15) is 0 Å². The Morgan fingerprint density at radius 2 is 2.83 bits per heavy atom. The summed E-state index contributed by atoms with van der Waals surface area (Å²) < 4.78 is 78.1. The van der Waals surface area contributed by atoms with Gasteiger partial charge in [0.15, 0.2) is 0 Å². The third-order valence-electron chi connectivity index (χ3n) is 0.197. The highest BCUT2D eigenvalue weighted by Gasteiger charge is 1.85. The Morgan fingerprint density at radius 1 is 2.17 bits per heavy atom. The predicted molar refractivity (Wildman–Crippen MR) is 28.5 cm³/mol. The lowest BCUT2D eigenvalue weighted by atomic mass is 10.1. The molecule has 0 aliphatic heterocycles. The van der Waals surface area contributed by atoms with Crippen molar-refractivity contribution in [3.05, 3.63) is 0 Å². The van der Waals surface area contributed by atoms with E-state index in [-0.39, 0.29) is 0 Å². The van der Waals surface area contributed by atoms with Crippen LogP contribution in [0.1, 0.15) is 35.2 Å². The van der Waals surface area contributed by atoms with E-state index in [1.807, 2.05) is 0 Å². The van der Waals surface area contributed by atoms with E-state index in [1.165, 1.54) is 0 Å². The third-order valence-corrected chi connectivity index (χ3v) is 0.197. The Bertz CT molecular complexity index is 266. The lowest BCUT2D eigenvalue weighted by Gasteiger charge is -1.96. The van der Waals surface area contributed by atoms with Gasteiger partial charge in [-0.05, 0) is 18.8 Å². The molecule has 0 fully saturated rings. The Labute approximate surface area is 55.0 Å². The van der Waals surface area contributed by atoms with Gasteiger partial charge in [-0.2, -0.15) is 0 Å². The van der Waals surface area contributed by atoms with E-state index in [4.69, 9.17) is 20.8 Å². The molecule has 0 radical (unpaired) electrons. The van der Waals surface area contributed by atoms with Crippen molar-refractivity contribution in [2.24, 2.45) is 11.6 Å². The third kappa shape index (κ3) is 3.96. The average molecular weight is 98.2 g/mol. The minimum Gasteiger partial charge on any atom is -0.330 e. The molecular formula is C5H13N. The van der Waals surface area contributed by atoms with E-state index in [0.717, 1.165) is 0 Å². The van der Waals surface area contributed by atoms with E-state index < -0.39 is 32.5 Å². The van der Waals surface area contributed by atoms with Crippen LogP contribution in [-0.4, -0.2) is 6.50 Å². The van der Waals surface area contributed by atoms with E-state index in [1.54, 1.807) is 0 Å². The SMILES string of the molecule is [2H]C([2H])([2H])C([2H])(C([2H])([2H])[2H])C([2H])([2H])C([2H])([2H])N. The van der Waals surface area contributed by atoms with Crippen LogP contribution in [0.25, 0.3) is 0 Å². The van der Waals surface area contributed by atoms with Crippen molar-refractivity contribution in [3.8, 4) is 0 Å². The van der Waals surface area contributed by atoms with Gasteiger partial charge in [0.25, 0.3) is 0 Å². The van der Waals surface area contributed by atoms with Crippen LogP contribution in [-0.2, 0) is 0 Å². The first kappa shape index (κ1) is 0.576. The van der Waals surface area contributed by atoms with Crippen molar-refractivity contribution in [3.63, 3.8) is 0 Å². The lowest BCUT2D eigenvalue weighted by molar-refractivity contribution is 0.596. The van der Waals surface area contributed by atoms with Crippen LogP contribution in [0.2, 0.25) is 0 Å². The zero-order valence-corrected chi connectivity index (χ0v) is 3.08. The van der Waals surface area contributed by atoms with Gasteiger partial charge in [-0.25, -0.2) is 0 Å². The van der Waals surface area contributed by atoms with Crippen LogP contribution < -0.4 is 5.73 Å². The van der Waals surface area contributed by atoms with Crippen molar-refractivity contribution < 1.29 is 15.1 Å². The van der Waals surface area contributed by atoms with Crippen LogP contribution in [0.4, 0.5) is 0 Å². The van der Waals surface area contributed by atoms with Gasteiger partial charge >= 0.3 is 0 Å². The average Bonchev–Trinajstić information content (AvgIpc) is 1.95. The maximum absolute atomic E-state index is 7.46. The molecule has 0 aromatic heterocycles. The molecule has 0 saturated heterocycles. The molecule has 0 aliphatic carbocycles. The van der Waals surface area contributed by atoms with Gasteiger partial charge in [-0.1, -0.05) is 13.7 Å². The van der Waals surface area contributed by atoms with E-state index in [2.05, 4.69) is 0 Å². The summed E-state index contributed by atoms with van der Waals surface area (Å²) in [6, 6.07) is 0. The molecule has 0 spiro atoms. The summed E-state index contributed by atoms with van der Waals surface area (Å²) in [6.07, 6.45) is -3.59. The quantitative estimate of drug-likeness (QED) is 0.547. The second-order valence-electron chi connectivity index (χ2n) is 0.644. The summed E-state index contributed by atoms with van der Waals surface area (Å²) >= 11 is 0. The first-order valence-corrected chi connectivity index (χ1v) is 1.29. The Kier molecular flexibility index (Phi) is 0.303. The molecule has 38 valence electrons. The zero-order chi connectivity index (χ0) is 14.5. The topological polar surface area (TPSA) is 26.0 Å². The summed E-state index contributed by atoms with van der Waals surface area (Å²) in [5.74, 6) is -3.66. The molecule has 0 atom stereocenters. The first-order valence-electron chi connectivity index (χ1n) is 6.79. The molecule has 0 heterocycles. The highest BCUT2D eigenvalue weighted by Crippen LogP contribution is 1.93. The summed E-state index contributed by atoms with van der Waals surface area (Å²) in [4.78, 5) is 0. The van der Waals surface area contributed by atoms with Gasteiger partial charge in [0, 0.05) is 15.1 Å². The van der Waals surface area contributed by atoms with Crippen molar-refractivity contribution in [2.45, 2.75) is 20.1 Å². The Morgan fingerprint density at radius 3 is 3.00 bits per heavy atom. The molecule has 0 bridgehead atoms. The van der Waals surface area contributed by atoms with Crippen LogP contribution >= 0.6 is 0 Å². The second-order valence-corrected chi connectivity index (χ2v) is 0.644. The van der Waals surface area contributed by atoms with Gasteiger partial charge in [-0.3, -0.25) is 0 Å². The standard InChI is InChI=1S/C5H13N/c1-5(2)3-4-6/h5H,3-4,6H2,1-2H3/i1D3,2D3,3D2,4D2,5D. The fourth-order valence-electron chi connectivity index (χ4n) is 0.0722. The highest BCUT2D eigenvalue weighted by atomic mass is 14.5. The molecule has 6 heavy (non-hydrogen) atoms.